The van der Waals surface area contributed by atoms with Gasteiger partial charge in [0.05, 0.1) is 12.6 Å². The Morgan fingerprint density at radius 3 is 2.57 bits per heavy atom. The zero-order chi connectivity index (χ0) is 15.4. The van der Waals surface area contributed by atoms with Gasteiger partial charge in [-0.3, -0.25) is 4.79 Å². The molecule has 2 aromatic rings. The monoisotopic (exact) mass is 350 g/mol. The normalized spacial score (nSPS) is 12.0. The Labute approximate surface area is 133 Å². The molecule has 5 heteroatoms. The highest BCUT2D eigenvalue weighted by molar-refractivity contribution is 9.10. The number of nitrogens with one attached hydrogen (secondary N) is 1. The predicted molar refractivity (Wildman–Crippen MR) is 86.6 cm³/mol. The average Bonchev–Trinajstić information content (AvgIpc) is 2.79. The van der Waals surface area contributed by atoms with Crippen molar-refractivity contribution in [1.29, 1.82) is 0 Å². The third-order valence-corrected chi connectivity index (χ3v) is 3.68. The summed E-state index contributed by atoms with van der Waals surface area (Å²) >= 11 is 3.37. The first-order chi connectivity index (χ1) is 10.0. The summed E-state index contributed by atoms with van der Waals surface area (Å²) in [6, 6.07) is 9.51. The van der Waals surface area contributed by atoms with Crippen LogP contribution < -0.4 is 10.1 Å². The molecule has 1 aromatic carbocycles. The zero-order valence-corrected chi connectivity index (χ0v) is 14.0. The number of ether oxygens (including phenoxy) is 1. The number of benzene rings is 1. The molecule has 1 heterocycles. The van der Waals surface area contributed by atoms with Crippen LogP contribution in [0, 0.1) is 0 Å². The Hall–Kier alpha value is -1.75. The fourth-order valence-electron chi connectivity index (χ4n) is 2.12. The second-order valence-corrected chi connectivity index (χ2v) is 5.77. The third-order valence-electron chi connectivity index (χ3n) is 3.24. The van der Waals surface area contributed by atoms with E-state index < -0.39 is 0 Å². The Morgan fingerprint density at radius 2 is 2.05 bits per heavy atom. The summed E-state index contributed by atoms with van der Waals surface area (Å²) in [6.07, 6.45) is 1.86. The van der Waals surface area contributed by atoms with Gasteiger partial charge in [-0.1, -0.05) is 12.1 Å². The molecule has 21 heavy (non-hydrogen) atoms. The summed E-state index contributed by atoms with van der Waals surface area (Å²) in [7, 11) is 1.85. The lowest BCUT2D eigenvalue weighted by Gasteiger charge is -2.15. The number of rotatable bonds is 5. The van der Waals surface area contributed by atoms with Crippen molar-refractivity contribution in [3.8, 4) is 5.75 Å². The number of hydrogen-bond acceptors (Lipinski definition) is 2. The molecule has 0 aliphatic heterocycles. The van der Waals surface area contributed by atoms with Gasteiger partial charge in [0.2, 0.25) is 0 Å². The molecule has 1 aromatic heterocycles. The van der Waals surface area contributed by atoms with Crippen LogP contribution in [-0.4, -0.2) is 17.1 Å². The molecule has 1 unspecified atom stereocenters. The fraction of sp³-hybridized carbons (Fsp3) is 0.312. The van der Waals surface area contributed by atoms with E-state index in [9.17, 15) is 4.79 Å². The van der Waals surface area contributed by atoms with E-state index in [1.165, 1.54) is 0 Å². The molecular weight excluding hydrogens is 332 g/mol. The minimum absolute atomic E-state index is 0.0677. The molecule has 0 saturated carbocycles. The minimum Gasteiger partial charge on any atom is -0.494 e. The maximum Gasteiger partial charge on any atom is 0.268 e. The highest BCUT2D eigenvalue weighted by Crippen LogP contribution is 2.19. The van der Waals surface area contributed by atoms with Gasteiger partial charge in [0.1, 0.15) is 11.4 Å². The van der Waals surface area contributed by atoms with Crippen molar-refractivity contribution < 1.29 is 9.53 Å². The standard InChI is InChI=1S/C16H19BrN2O2/c1-4-21-14-7-5-12(6-8-14)11(2)18-16(20)15-9-13(17)10-19(15)3/h5-11H,4H2,1-3H3,(H,18,20). The Bertz CT molecular complexity index is 620. The van der Waals surface area contributed by atoms with Gasteiger partial charge in [0.15, 0.2) is 0 Å². The van der Waals surface area contributed by atoms with E-state index in [2.05, 4.69) is 21.2 Å². The SMILES string of the molecule is CCOc1ccc(C(C)NC(=O)c2cc(Br)cn2C)cc1. The van der Waals surface area contributed by atoms with E-state index in [1.807, 2.05) is 51.4 Å². The zero-order valence-electron chi connectivity index (χ0n) is 12.4. The molecule has 0 radical (unpaired) electrons. The molecule has 0 fully saturated rings. The number of aromatic nitrogens is 1. The number of amides is 1. The molecule has 0 bridgehead atoms. The topological polar surface area (TPSA) is 43.3 Å². The lowest BCUT2D eigenvalue weighted by Crippen LogP contribution is -2.28. The molecule has 0 spiro atoms. The van der Waals surface area contributed by atoms with Crippen molar-refractivity contribution in [3.63, 3.8) is 0 Å². The van der Waals surface area contributed by atoms with Crippen LogP contribution in [0.1, 0.15) is 35.9 Å². The molecule has 4 nitrogen and oxygen atoms in total. The summed E-state index contributed by atoms with van der Waals surface area (Å²) in [5.41, 5.74) is 1.67. The number of aryl methyl sites for hydroxylation is 1. The van der Waals surface area contributed by atoms with E-state index in [1.54, 1.807) is 10.6 Å². The molecule has 2 rings (SSSR count). The lowest BCUT2D eigenvalue weighted by atomic mass is 10.1. The van der Waals surface area contributed by atoms with Gasteiger partial charge in [-0.2, -0.15) is 0 Å². The van der Waals surface area contributed by atoms with Crippen LogP contribution in [0.4, 0.5) is 0 Å². The van der Waals surface area contributed by atoms with Gasteiger partial charge >= 0.3 is 0 Å². The number of carbonyl (C=O) groups excluding carboxylic acids is 1. The van der Waals surface area contributed by atoms with Crippen molar-refractivity contribution in [2.45, 2.75) is 19.9 Å². The van der Waals surface area contributed by atoms with E-state index in [0.29, 0.717) is 12.3 Å². The minimum atomic E-state index is -0.0930. The second kappa shape index (κ2) is 6.80. The Morgan fingerprint density at radius 1 is 1.38 bits per heavy atom. The molecule has 112 valence electrons. The highest BCUT2D eigenvalue weighted by atomic mass is 79.9. The summed E-state index contributed by atoms with van der Waals surface area (Å²) in [5.74, 6) is 0.746. The lowest BCUT2D eigenvalue weighted by molar-refractivity contribution is 0.0931. The predicted octanol–water partition coefficient (Wildman–Crippen LogP) is 3.68. The maximum absolute atomic E-state index is 12.3. The third kappa shape index (κ3) is 3.88. The van der Waals surface area contributed by atoms with E-state index in [4.69, 9.17) is 4.74 Å². The first kappa shape index (κ1) is 15.6. The van der Waals surface area contributed by atoms with Gasteiger partial charge < -0.3 is 14.6 Å². The molecule has 0 saturated heterocycles. The molecule has 0 aliphatic carbocycles. The van der Waals surface area contributed by atoms with Crippen LogP contribution in [0.3, 0.4) is 0 Å². The number of nitrogens with zero attached hydrogens (tertiary/aromatic N) is 1. The molecule has 1 amide bonds. The first-order valence-electron chi connectivity index (χ1n) is 6.86. The number of hydrogen-bond donors (Lipinski definition) is 1. The Balaban J connectivity index is 2.05. The largest absolute Gasteiger partial charge is 0.494 e. The first-order valence-corrected chi connectivity index (χ1v) is 7.66. The number of carbonyl (C=O) groups is 1. The van der Waals surface area contributed by atoms with Gasteiger partial charge in [-0.15, -0.1) is 0 Å². The van der Waals surface area contributed by atoms with Crippen molar-refractivity contribution in [2.24, 2.45) is 7.05 Å². The van der Waals surface area contributed by atoms with Crippen LogP contribution in [0.2, 0.25) is 0 Å². The van der Waals surface area contributed by atoms with Crippen molar-refractivity contribution in [2.75, 3.05) is 6.61 Å². The Kier molecular flexibility index (Phi) is 5.07. The molecule has 1 atom stereocenters. The van der Waals surface area contributed by atoms with E-state index in [-0.39, 0.29) is 11.9 Å². The quantitative estimate of drug-likeness (QED) is 0.893. The summed E-state index contributed by atoms with van der Waals surface area (Å²) in [5, 5.41) is 3.00. The molecule has 0 aliphatic rings. The number of halogens is 1. The van der Waals surface area contributed by atoms with Crippen molar-refractivity contribution in [3.05, 3.63) is 52.3 Å². The van der Waals surface area contributed by atoms with Gasteiger partial charge in [0, 0.05) is 17.7 Å². The smallest absolute Gasteiger partial charge is 0.268 e. The van der Waals surface area contributed by atoms with Crippen LogP contribution in [0.15, 0.2) is 41.0 Å². The van der Waals surface area contributed by atoms with Crippen LogP contribution in [0.25, 0.3) is 0 Å². The van der Waals surface area contributed by atoms with Crippen LogP contribution in [0.5, 0.6) is 5.75 Å². The van der Waals surface area contributed by atoms with Crippen LogP contribution in [-0.2, 0) is 7.05 Å². The van der Waals surface area contributed by atoms with Gasteiger partial charge in [-0.25, -0.2) is 0 Å². The second-order valence-electron chi connectivity index (χ2n) is 4.85. The molecular formula is C16H19BrN2O2. The van der Waals surface area contributed by atoms with Crippen molar-refractivity contribution in [1.82, 2.24) is 9.88 Å². The average molecular weight is 351 g/mol. The summed E-state index contributed by atoms with van der Waals surface area (Å²) in [4.78, 5) is 12.3. The fourth-order valence-corrected chi connectivity index (χ4v) is 2.65. The van der Waals surface area contributed by atoms with Gasteiger partial charge in [0.25, 0.3) is 5.91 Å². The maximum atomic E-state index is 12.3. The van der Waals surface area contributed by atoms with Gasteiger partial charge in [-0.05, 0) is 53.5 Å². The highest BCUT2D eigenvalue weighted by Gasteiger charge is 2.14. The van der Waals surface area contributed by atoms with Crippen molar-refractivity contribution >= 4 is 21.8 Å². The van der Waals surface area contributed by atoms with E-state index >= 15 is 0 Å². The molecule has 1 N–H and O–H groups in total. The summed E-state index contributed by atoms with van der Waals surface area (Å²) < 4.78 is 8.10. The van der Waals surface area contributed by atoms with Crippen LogP contribution >= 0.6 is 15.9 Å². The summed E-state index contributed by atoms with van der Waals surface area (Å²) in [6.45, 7) is 4.56. The van der Waals surface area contributed by atoms with E-state index in [0.717, 1.165) is 15.8 Å².